The summed E-state index contributed by atoms with van der Waals surface area (Å²) < 4.78 is 37.5. The molecule has 2 aromatic rings. The predicted octanol–water partition coefficient (Wildman–Crippen LogP) is 3.65. The van der Waals surface area contributed by atoms with Crippen molar-refractivity contribution in [2.24, 2.45) is 0 Å². The van der Waals surface area contributed by atoms with Crippen LogP contribution in [0.15, 0.2) is 48.5 Å². The minimum Gasteiger partial charge on any atom is -0.325 e. The fourth-order valence-corrected chi connectivity index (χ4v) is 2.30. The Bertz CT molecular complexity index is 779. The summed E-state index contributed by atoms with van der Waals surface area (Å²) in [4.78, 5) is 13.7. The van der Waals surface area contributed by atoms with Crippen molar-refractivity contribution in [2.45, 2.75) is 12.7 Å². The molecule has 25 heavy (non-hydrogen) atoms. The molecule has 0 fully saturated rings. The van der Waals surface area contributed by atoms with Gasteiger partial charge in [-0.2, -0.15) is 18.4 Å². The highest BCUT2D eigenvalue weighted by Crippen LogP contribution is 2.29. The third kappa shape index (κ3) is 5.62. The molecule has 2 rings (SSSR count). The standard InChI is InChI=1S/C18H16F3N3O/c1-24(11-14-4-2-3-13(9-14)10-22)12-17(25)23-16-7-5-15(6-8-16)18(19,20)21/h2-9H,11-12H2,1H3,(H,23,25). The average molecular weight is 347 g/mol. The summed E-state index contributed by atoms with van der Waals surface area (Å²) in [6.07, 6.45) is -4.40. The molecule has 0 bridgehead atoms. The summed E-state index contributed by atoms with van der Waals surface area (Å²) >= 11 is 0. The first-order valence-corrected chi connectivity index (χ1v) is 7.42. The molecule has 0 aliphatic heterocycles. The van der Waals surface area contributed by atoms with E-state index in [-0.39, 0.29) is 12.5 Å². The number of carbonyl (C=O) groups is 1. The smallest absolute Gasteiger partial charge is 0.325 e. The molecule has 0 aliphatic rings. The largest absolute Gasteiger partial charge is 0.416 e. The number of hydrogen-bond acceptors (Lipinski definition) is 3. The van der Waals surface area contributed by atoms with Crippen LogP contribution in [0, 0.1) is 11.3 Å². The van der Waals surface area contributed by atoms with Gasteiger partial charge in [0, 0.05) is 12.2 Å². The summed E-state index contributed by atoms with van der Waals surface area (Å²) in [5.74, 6) is -0.335. The van der Waals surface area contributed by atoms with Gasteiger partial charge < -0.3 is 5.32 Å². The van der Waals surface area contributed by atoms with Gasteiger partial charge in [-0.15, -0.1) is 0 Å². The SMILES string of the molecule is CN(CC(=O)Nc1ccc(C(F)(F)F)cc1)Cc1cccc(C#N)c1. The van der Waals surface area contributed by atoms with Crippen molar-refractivity contribution >= 4 is 11.6 Å². The van der Waals surface area contributed by atoms with E-state index in [1.165, 1.54) is 12.1 Å². The number of alkyl halides is 3. The summed E-state index contributed by atoms with van der Waals surface area (Å²) in [5.41, 5.74) is 0.974. The second-order valence-electron chi connectivity index (χ2n) is 5.61. The molecule has 130 valence electrons. The average Bonchev–Trinajstić information content (AvgIpc) is 2.54. The number of hydrogen-bond donors (Lipinski definition) is 1. The van der Waals surface area contributed by atoms with E-state index in [0.29, 0.717) is 17.8 Å². The molecule has 0 saturated heterocycles. The number of anilines is 1. The van der Waals surface area contributed by atoms with E-state index in [1.54, 1.807) is 30.1 Å². The molecule has 0 aliphatic carbocycles. The monoisotopic (exact) mass is 347 g/mol. The Morgan fingerprint density at radius 3 is 2.48 bits per heavy atom. The second kappa shape index (κ2) is 7.81. The van der Waals surface area contributed by atoms with Gasteiger partial charge in [-0.25, -0.2) is 0 Å². The second-order valence-corrected chi connectivity index (χ2v) is 5.61. The van der Waals surface area contributed by atoms with E-state index in [1.807, 2.05) is 6.07 Å². The lowest BCUT2D eigenvalue weighted by Crippen LogP contribution is -2.29. The molecule has 4 nitrogen and oxygen atoms in total. The Morgan fingerprint density at radius 1 is 1.20 bits per heavy atom. The van der Waals surface area contributed by atoms with Gasteiger partial charge in [-0.3, -0.25) is 9.69 Å². The van der Waals surface area contributed by atoms with Crippen LogP contribution in [-0.2, 0) is 17.5 Å². The maximum atomic E-state index is 12.5. The molecule has 1 N–H and O–H groups in total. The van der Waals surface area contributed by atoms with Gasteiger partial charge in [0.1, 0.15) is 0 Å². The maximum Gasteiger partial charge on any atom is 0.416 e. The zero-order valence-electron chi connectivity index (χ0n) is 13.5. The first kappa shape index (κ1) is 18.5. The van der Waals surface area contributed by atoms with Crippen LogP contribution in [0.2, 0.25) is 0 Å². The zero-order valence-corrected chi connectivity index (χ0v) is 13.5. The van der Waals surface area contributed by atoms with Gasteiger partial charge in [0.15, 0.2) is 0 Å². The Balaban J connectivity index is 1.90. The number of halogens is 3. The fraction of sp³-hybridized carbons (Fsp3) is 0.222. The molecule has 0 aromatic heterocycles. The third-order valence-electron chi connectivity index (χ3n) is 3.42. The number of benzene rings is 2. The molecule has 7 heteroatoms. The first-order valence-electron chi connectivity index (χ1n) is 7.42. The first-order chi connectivity index (χ1) is 11.8. The van der Waals surface area contributed by atoms with E-state index in [9.17, 15) is 18.0 Å². The van der Waals surface area contributed by atoms with Crippen LogP contribution in [0.5, 0.6) is 0 Å². The predicted molar refractivity (Wildman–Crippen MR) is 87.6 cm³/mol. The van der Waals surface area contributed by atoms with Crippen molar-refractivity contribution in [3.63, 3.8) is 0 Å². The minimum atomic E-state index is -4.40. The van der Waals surface area contributed by atoms with Crippen LogP contribution in [0.25, 0.3) is 0 Å². The van der Waals surface area contributed by atoms with Crippen molar-refractivity contribution < 1.29 is 18.0 Å². The number of rotatable bonds is 5. The number of likely N-dealkylation sites (N-methyl/N-ethyl adjacent to an activating group) is 1. The Morgan fingerprint density at radius 2 is 1.88 bits per heavy atom. The Labute approximate surface area is 143 Å². The third-order valence-corrected chi connectivity index (χ3v) is 3.42. The molecule has 1 amide bonds. The van der Waals surface area contributed by atoms with Crippen LogP contribution in [0.3, 0.4) is 0 Å². The molecule has 0 spiro atoms. The summed E-state index contributed by atoms with van der Waals surface area (Å²) in [7, 11) is 1.74. The van der Waals surface area contributed by atoms with Crippen LogP contribution in [0.4, 0.5) is 18.9 Å². The summed E-state index contributed by atoms with van der Waals surface area (Å²) in [5, 5.41) is 11.4. The van der Waals surface area contributed by atoms with Gasteiger partial charge >= 0.3 is 6.18 Å². The fourth-order valence-electron chi connectivity index (χ4n) is 2.30. The molecular weight excluding hydrogens is 331 g/mol. The molecule has 0 heterocycles. The lowest BCUT2D eigenvalue weighted by atomic mass is 10.1. The summed E-state index contributed by atoms with van der Waals surface area (Å²) in [6, 6.07) is 13.4. The lowest BCUT2D eigenvalue weighted by molar-refractivity contribution is -0.137. The van der Waals surface area contributed by atoms with Gasteiger partial charge in [0.05, 0.1) is 23.7 Å². The molecule has 0 unspecified atom stereocenters. The molecule has 0 atom stereocenters. The number of nitriles is 1. The van der Waals surface area contributed by atoms with Crippen LogP contribution < -0.4 is 5.32 Å². The van der Waals surface area contributed by atoms with Crippen LogP contribution in [-0.4, -0.2) is 24.4 Å². The van der Waals surface area contributed by atoms with Crippen molar-refractivity contribution in [3.05, 3.63) is 65.2 Å². The number of carbonyl (C=O) groups excluding carboxylic acids is 1. The summed E-state index contributed by atoms with van der Waals surface area (Å²) in [6.45, 7) is 0.535. The van der Waals surface area contributed by atoms with E-state index in [0.717, 1.165) is 17.7 Å². The highest BCUT2D eigenvalue weighted by atomic mass is 19.4. The van der Waals surface area contributed by atoms with Crippen LogP contribution >= 0.6 is 0 Å². The zero-order chi connectivity index (χ0) is 18.4. The van der Waals surface area contributed by atoms with Crippen molar-refractivity contribution in [1.29, 1.82) is 5.26 Å². The minimum absolute atomic E-state index is 0.0673. The molecule has 0 saturated carbocycles. The Kier molecular flexibility index (Phi) is 5.78. The van der Waals surface area contributed by atoms with Crippen molar-refractivity contribution in [2.75, 3.05) is 18.9 Å². The van der Waals surface area contributed by atoms with Gasteiger partial charge in [-0.1, -0.05) is 12.1 Å². The number of nitrogens with zero attached hydrogens (tertiary/aromatic N) is 2. The molecular formula is C18H16F3N3O. The van der Waals surface area contributed by atoms with Crippen LogP contribution in [0.1, 0.15) is 16.7 Å². The van der Waals surface area contributed by atoms with Gasteiger partial charge in [0.2, 0.25) is 5.91 Å². The maximum absolute atomic E-state index is 12.5. The highest BCUT2D eigenvalue weighted by Gasteiger charge is 2.29. The Hall–Kier alpha value is -2.85. The van der Waals surface area contributed by atoms with E-state index < -0.39 is 11.7 Å². The molecule has 2 aromatic carbocycles. The van der Waals surface area contributed by atoms with Gasteiger partial charge in [-0.05, 0) is 49.0 Å². The highest BCUT2D eigenvalue weighted by molar-refractivity contribution is 5.92. The number of nitrogens with one attached hydrogen (secondary N) is 1. The van der Waals surface area contributed by atoms with Crippen molar-refractivity contribution in [1.82, 2.24) is 4.90 Å². The van der Waals surface area contributed by atoms with Gasteiger partial charge in [0.25, 0.3) is 0 Å². The lowest BCUT2D eigenvalue weighted by Gasteiger charge is -2.16. The topological polar surface area (TPSA) is 56.1 Å². The van der Waals surface area contributed by atoms with E-state index in [2.05, 4.69) is 11.4 Å². The normalized spacial score (nSPS) is 11.2. The molecule has 0 radical (unpaired) electrons. The quantitative estimate of drug-likeness (QED) is 0.898. The number of amides is 1. The van der Waals surface area contributed by atoms with Crippen molar-refractivity contribution in [3.8, 4) is 6.07 Å². The van der Waals surface area contributed by atoms with E-state index in [4.69, 9.17) is 5.26 Å². The van der Waals surface area contributed by atoms with E-state index >= 15 is 0 Å².